The molecule has 2 rings (SSSR count). The standard InChI is InChI=1S/C14H16N6O3/c1-4-7-10(21)15-12-16-11(19(8-5-2)9-6-3)17-13-18-14(22)23-20(12)13/h4-7H,2-3,8-9H2,1H3,(H,15,16,17,18,21,22)/b7-4+. The van der Waals surface area contributed by atoms with Crippen molar-refractivity contribution in [2.45, 2.75) is 6.92 Å². The maximum absolute atomic E-state index is 11.7. The van der Waals surface area contributed by atoms with Crippen molar-refractivity contribution >= 4 is 23.6 Å². The zero-order chi connectivity index (χ0) is 16.8. The molecule has 0 aromatic carbocycles. The highest BCUT2D eigenvalue weighted by atomic mass is 16.5. The largest absolute Gasteiger partial charge is 0.462 e. The Morgan fingerprint density at radius 3 is 2.61 bits per heavy atom. The topological polar surface area (TPSA) is 106 Å². The molecule has 0 atom stereocenters. The van der Waals surface area contributed by atoms with Gasteiger partial charge in [0.15, 0.2) is 0 Å². The number of carbonyl (C=O) groups excluding carboxylic acids is 1. The lowest BCUT2D eigenvalue weighted by molar-refractivity contribution is -0.112. The molecule has 0 bridgehead atoms. The van der Waals surface area contributed by atoms with E-state index in [4.69, 9.17) is 4.52 Å². The summed E-state index contributed by atoms with van der Waals surface area (Å²) in [5, 5.41) is 2.51. The van der Waals surface area contributed by atoms with E-state index >= 15 is 0 Å². The molecule has 2 aromatic rings. The molecule has 0 unspecified atom stereocenters. The number of nitrogens with zero attached hydrogens (tertiary/aromatic N) is 5. The fraction of sp³-hybridized carbons (Fsp3) is 0.214. The molecular weight excluding hydrogens is 300 g/mol. The van der Waals surface area contributed by atoms with Gasteiger partial charge in [-0.25, -0.2) is 4.79 Å². The van der Waals surface area contributed by atoms with Crippen molar-refractivity contribution in [2.75, 3.05) is 23.3 Å². The van der Waals surface area contributed by atoms with Crippen LogP contribution in [0.15, 0.2) is 46.8 Å². The van der Waals surface area contributed by atoms with Crippen molar-refractivity contribution in [3.05, 3.63) is 48.0 Å². The normalized spacial score (nSPS) is 10.8. The number of allylic oxidation sites excluding steroid dienone is 1. The van der Waals surface area contributed by atoms with Gasteiger partial charge in [-0.05, 0) is 13.0 Å². The molecule has 0 aliphatic carbocycles. The fourth-order valence-corrected chi connectivity index (χ4v) is 1.80. The third-order valence-electron chi connectivity index (χ3n) is 2.68. The molecule has 0 fully saturated rings. The first-order valence-corrected chi connectivity index (χ1v) is 6.77. The van der Waals surface area contributed by atoms with E-state index in [1.54, 1.807) is 30.1 Å². The predicted octanol–water partition coefficient (Wildman–Crippen LogP) is 0.770. The van der Waals surface area contributed by atoms with Gasteiger partial charge in [0.1, 0.15) is 0 Å². The number of amides is 1. The van der Waals surface area contributed by atoms with Crippen molar-refractivity contribution in [1.29, 1.82) is 0 Å². The lowest BCUT2D eigenvalue weighted by atomic mass is 10.4. The van der Waals surface area contributed by atoms with Crippen molar-refractivity contribution in [3.63, 3.8) is 0 Å². The average Bonchev–Trinajstić information content (AvgIpc) is 2.88. The first-order valence-electron chi connectivity index (χ1n) is 6.77. The molecule has 0 radical (unpaired) electrons. The Labute approximate surface area is 131 Å². The Morgan fingerprint density at radius 1 is 1.30 bits per heavy atom. The van der Waals surface area contributed by atoms with Gasteiger partial charge in [-0.2, -0.15) is 9.97 Å². The number of rotatable bonds is 7. The van der Waals surface area contributed by atoms with Crippen LogP contribution in [0.2, 0.25) is 0 Å². The number of nitrogens with one attached hydrogen (secondary N) is 1. The van der Waals surface area contributed by atoms with Crippen LogP contribution in [-0.4, -0.2) is 38.5 Å². The summed E-state index contributed by atoms with van der Waals surface area (Å²) in [6.07, 6.45) is 6.22. The van der Waals surface area contributed by atoms with E-state index in [0.717, 1.165) is 4.57 Å². The van der Waals surface area contributed by atoms with Crippen LogP contribution >= 0.6 is 0 Å². The Kier molecular flexibility index (Phi) is 5.03. The minimum atomic E-state index is -0.836. The molecule has 1 N–H and O–H groups in total. The second-order valence-electron chi connectivity index (χ2n) is 4.38. The molecular formula is C14H16N6O3. The highest BCUT2D eigenvalue weighted by Crippen LogP contribution is 2.14. The van der Waals surface area contributed by atoms with Crippen LogP contribution < -0.4 is 16.0 Å². The second kappa shape index (κ2) is 7.16. The quantitative estimate of drug-likeness (QED) is 0.594. The van der Waals surface area contributed by atoms with E-state index in [9.17, 15) is 9.59 Å². The SMILES string of the molecule is C=CCN(CC=C)c1nc(NC(=O)/C=C/C)n2oc(=O)nc2n1. The smallest absolute Gasteiger partial charge is 0.333 e. The molecule has 2 heterocycles. The number of anilines is 2. The molecule has 120 valence electrons. The maximum Gasteiger partial charge on any atom is 0.462 e. The van der Waals surface area contributed by atoms with Crippen LogP contribution in [-0.2, 0) is 4.79 Å². The Bertz CT molecular complexity index is 810. The van der Waals surface area contributed by atoms with E-state index in [1.165, 1.54) is 6.08 Å². The highest BCUT2D eigenvalue weighted by Gasteiger charge is 2.16. The summed E-state index contributed by atoms with van der Waals surface area (Å²) in [6.45, 7) is 9.94. The van der Waals surface area contributed by atoms with E-state index in [-0.39, 0.29) is 17.7 Å². The summed E-state index contributed by atoms with van der Waals surface area (Å²) in [6, 6.07) is 0. The second-order valence-corrected chi connectivity index (χ2v) is 4.38. The fourth-order valence-electron chi connectivity index (χ4n) is 1.80. The molecule has 9 heteroatoms. The van der Waals surface area contributed by atoms with Crippen molar-refractivity contribution in [3.8, 4) is 0 Å². The van der Waals surface area contributed by atoms with Gasteiger partial charge in [0.05, 0.1) is 0 Å². The van der Waals surface area contributed by atoms with Crippen LogP contribution in [0, 0.1) is 0 Å². The van der Waals surface area contributed by atoms with Gasteiger partial charge in [-0.1, -0.05) is 22.8 Å². The summed E-state index contributed by atoms with van der Waals surface area (Å²) in [7, 11) is 0. The van der Waals surface area contributed by atoms with E-state index in [1.807, 2.05) is 0 Å². The van der Waals surface area contributed by atoms with Crippen molar-refractivity contribution in [1.82, 2.24) is 19.5 Å². The summed E-state index contributed by atoms with van der Waals surface area (Å²) >= 11 is 0. The minimum absolute atomic E-state index is 0.000763. The molecule has 1 amide bonds. The number of carbonyl (C=O) groups is 1. The zero-order valence-corrected chi connectivity index (χ0v) is 12.6. The van der Waals surface area contributed by atoms with Crippen molar-refractivity contribution < 1.29 is 9.32 Å². The van der Waals surface area contributed by atoms with Crippen LogP contribution in [0.1, 0.15) is 6.92 Å². The van der Waals surface area contributed by atoms with Gasteiger partial charge >= 0.3 is 5.76 Å². The minimum Gasteiger partial charge on any atom is -0.333 e. The third-order valence-corrected chi connectivity index (χ3v) is 2.68. The Balaban J connectivity index is 2.54. The predicted molar refractivity (Wildman–Crippen MR) is 85.4 cm³/mol. The molecule has 23 heavy (non-hydrogen) atoms. The number of hydrogen-bond acceptors (Lipinski definition) is 7. The maximum atomic E-state index is 11.7. The number of fused-ring (bicyclic) bond motifs is 1. The van der Waals surface area contributed by atoms with Gasteiger partial charge in [-0.15, -0.1) is 18.1 Å². The van der Waals surface area contributed by atoms with Gasteiger partial charge in [-0.3, -0.25) is 10.1 Å². The van der Waals surface area contributed by atoms with Gasteiger partial charge in [0.25, 0.3) is 11.7 Å². The molecule has 0 saturated heterocycles. The lowest BCUT2D eigenvalue weighted by Crippen LogP contribution is -2.26. The molecule has 9 nitrogen and oxygen atoms in total. The van der Waals surface area contributed by atoms with Gasteiger partial charge in [0.2, 0.25) is 11.9 Å². The first-order chi connectivity index (χ1) is 11.1. The molecule has 0 spiro atoms. The average molecular weight is 316 g/mol. The number of aromatic nitrogens is 4. The monoisotopic (exact) mass is 316 g/mol. The molecule has 0 aliphatic rings. The van der Waals surface area contributed by atoms with E-state index < -0.39 is 11.7 Å². The third kappa shape index (κ3) is 3.70. The van der Waals surface area contributed by atoms with Gasteiger partial charge in [0, 0.05) is 13.1 Å². The zero-order valence-electron chi connectivity index (χ0n) is 12.6. The van der Waals surface area contributed by atoms with E-state index in [2.05, 4.69) is 33.4 Å². The Hall–Kier alpha value is -3.23. The molecule has 0 saturated carbocycles. The highest BCUT2D eigenvalue weighted by molar-refractivity contribution is 5.98. The van der Waals surface area contributed by atoms with Crippen LogP contribution in [0.4, 0.5) is 11.9 Å². The molecule has 2 aromatic heterocycles. The first kappa shape index (κ1) is 16.1. The van der Waals surface area contributed by atoms with Crippen LogP contribution in [0.3, 0.4) is 0 Å². The van der Waals surface area contributed by atoms with Crippen LogP contribution in [0.25, 0.3) is 5.78 Å². The summed E-state index contributed by atoms with van der Waals surface area (Å²) < 4.78 is 5.83. The number of hydrogen-bond donors (Lipinski definition) is 1. The summed E-state index contributed by atoms with van der Waals surface area (Å²) in [5.74, 6) is -1.01. The lowest BCUT2D eigenvalue weighted by Gasteiger charge is -2.19. The van der Waals surface area contributed by atoms with Crippen LogP contribution in [0.5, 0.6) is 0 Å². The summed E-state index contributed by atoms with van der Waals surface area (Å²) in [4.78, 5) is 36.8. The van der Waals surface area contributed by atoms with Gasteiger partial charge < -0.3 is 9.42 Å². The Morgan fingerprint density at radius 2 is 2.00 bits per heavy atom. The molecule has 0 aliphatic heterocycles. The van der Waals surface area contributed by atoms with Crippen molar-refractivity contribution in [2.24, 2.45) is 0 Å². The van der Waals surface area contributed by atoms with E-state index in [0.29, 0.717) is 13.1 Å². The summed E-state index contributed by atoms with van der Waals surface area (Å²) in [5.41, 5.74) is 0.